The van der Waals surface area contributed by atoms with Crippen LogP contribution in [0.1, 0.15) is 50.0 Å². The lowest BCUT2D eigenvalue weighted by molar-refractivity contribution is -0.139. The molecular weight excluding hydrogens is 276 g/mol. The first kappa shape index (κ1) is 14.5. The van der Waals surface area contributed by atoms with Crippen molar-refractivity contribution in [1.82, 2.24) is 10.2 Å². The third-order valence-electron chi connectivity index (χ3n) is 4.29. The largest absolute Gasteiger partial charge is 0.481 e. The number of carboxylic acid groups (broad SMARTS) is 1. The molecule has 7 heteroatoms. The van der Waals surface area contributed by atoms with E-state index in [-0.39, 0.29) is 17.9 Å². The Morgan fingerprint density at radius 3 is 2.76 bits per heavy atom. The van der Waals surface area contributed by atoms with Crippen molar-refractivity contribution in [1.29, 1.82) is 0 Å². The topological polar surface area (TPSA) is 94.7 Å². The van der Waals surface area contributed by atoms with Crippen LogP contribution in [0.3, 0.4) is 0 Å². The van der Waals surface area contributed by atoms with E-state index in [1.54, 1.807) is 0 Å². The first-order chi connectivity index (χ1) is 10.2. The van der Waals surface area contributed by atoms with Crippen LogP contribution in [0.2, 0.25) is 0 Å². The average molecular weight is 296 g/mol. The van der Waals surface area contributed by atoms with Gasteiger partial charge in [0.2, 0.25) is 11.8 Å². The predicted octanol–water partition coefficient (Wildman–Crippen LogP) is 1.74. The van der Waals surface area contributed by atoms with Gasteiger partial charge in [-0.3, -0.25) is 4.79 Å². The first-order valence-corrected chi connectivity index (χ1v) is 7.40. The molecule has 1 aliphatic carbocycles. The molecule has 0 aromatic carbocycles. The van der Waals surface area contributed by atoms with Gasteiger partial charge in [-0.25, -0.2) is 0 Å². The molecule has 1 aromatic heterocycles. The lowest BCUT2D eigenvalue weighted by Gasteiger charge is -2.25. The Labute approximate surface area is 122 Å². The van der Waals surface area contributed by atoms with E-state index >= 15 is 0 Å². The van der Waals surface area contributed by atoms with Crippen LogP contribution in [0.25, 0.3) is 0 Å². The van der Waals surface area contributed by atoms with Gasteiger partial charge in [0.25, 0.3) is 0 Å². The van der Waals surface area contributed by atoms with Gasteiger partial charge in [-0.1, -0.05) is 12.8 Å². The Morgan fingerprint density at radius 2 is 2.10 bits per heavy atom. The monoisotopic (exact) mass is 296 g/mol. The molecule has 21 heavy (non-hydrogen) atoms. The summed E-state index contributed by atoms with van der Waals surface area (Å²) < 4.78 is 16.5. The lowest BCUT2D eigenvalue weighted by Crippen LogP contribution is -2.24. The molecule has 1 saturated heterocycles. The normalized spacial score (nSPS) is 25.0. The Bertz CT molecular complexity index is 489. The molecule has 7 nitrogen and oxygen atoms in total. The summed E-state index contributed by atoms with van der Waals surface area (Å²) in [4.78, 5) is 11.1. The fraction of sp³-hybridized carbons (Fsp3) is 0.786. The van der Waals surface area contributed by atoms with Crippen molar-refractivity contribution >= 4 is 5.97 Å². The maximum absolute atomic E-state index is 11.1. The van der Waals surface area contributed by atoms with Gasteiger partial charge < -0.3 is 19.0 Å². The van der Waals surface area contributed by atoms with Crippen LogP contribution in [0, 0.1) is 5.41 Å². The minimum absolute atomic E-state index is 0.160. The van der Waals surface area contributed by atoms with Crippen LogP contribution in [0.15, 0.2) is 4.42 Å². The van der Waals surface area contributed by atoms with Crippen molar-refractivity contribution in [2.75, 3.05) is 19.8 Å². The molecule has 1 saturated carbocycles. The van der Waals surface area contributed by atoms with Gasteiger partial charge in [0.1, 0.15) is 0 Å². The number of rotatable bonds is 5. The highest BCUT2D eigenvalue weighted by Gasteiger charge is 2.38. The van der Waals surface area contributed by atoms with Crippen molar-refractivity contribution in [3.8, 4) is 0 Å². The van der Waals surface area contributed by atoms with Gasteiger partial charge in [0.15, 0.2) is 6.10 Å². The summed E-state index contributed by atoms with van der Waals surface area (Å²) >= 11 is 0. The minimum Gasteiger partial charge on any atom is -0.481 e. The van der Waals surface area contributed by atoms with Gasteiger partial charge in [0.05, 0.1) is 26.2 Å². The number of carboxylic acids is 1. The second kappa shape index (κ2) is 6.11. The Hall–Kier alpha value is -1.47. The average Bonchev–Trinajstić information content (AvgIpc) is 3.09. The zero-order valence-electron chi connectivity index (χ0n) is 11.9. The van der Waals surface area contributed by atoms with E-state index in [0.717, 1.165) is 25.7 Å². The number of carbonyl (C=O) groups is 1. The number of nitrogens with zero attached hydrogens (tertiary/aromatic N) is 2. The lowest BCUT2D eigenvalue weighted by atomic mass is 9.79. The first-order valence-electron chi connectivity index (χ1n) is 7.40. The fourth-order valence-electron chi connectivity index (χ4n) is 3.28. The molecular formula is C14H20N2O5. The van der Waals surface area contributed by atoms with E-state index in [4.69, 9.17) is 19.0 Å². The standard InChI is InChI=1S/C14H20N2O5/c17-12(18)8-14(3-1-2-4-14)7-11-15-16-13(21-11)10-9-19-5-6-20-10/h10H,1-9H2,(H,17,18). The molecule has 116 valence electrons. The Balaban J connectivity index is 1.68. The van der Waals surface area contributed by atoms with Crippen molar-refractivity contribution in [2.45, 2.75) is 44.6 Å². The van der Waals surface area contributed by atoms with E-state index in [2.05, 4.69) is 10.2 Å². The predicted molar refractivity (Wildman–Crippen MR) is 70.7 cm³/mol. The maximum atomic E-state index is 11.1. The molecule has 0 spiro atoms. The van der Waals surface area contributed by atoms with Crippen LogP contribution in [0.4, 0.5) is 0 Å². The Kier molecular flexibility index (Phi) is 4.21. The molecule has 2 aliphatic rings. The highest BCUT2D eigenvalue weighted by Crippen LogP contribution is 2.43. The van der Waals surface area contributed by atoms with Crippen LogP contribution in [0.5, 0.6) is 0 Å². The number of hydrogen-bond acceptors (Lipinski definition) is 6. The summed E-state index contributed by atoms with van der Waals surface area (Å²) in [6.45, 7) is 1.52. The highest BCUT2D eigenvalue weighted by molar-refractivity contribution is 5.67. The molecule has 1 aliphatic heterocycles. The SMILES string of the molecule is O=C(O)CC1(Cc2nnc(C3COCCO3)o2)CCCC1. The van der Waals surface area contributed by atoms with E-state index in [9.17, 15) is 4.79 Å². The van der Waals surface area contributed by atoms with Gasteiger partial charge in [-0.15, -0.1) is 10.2 Å². The zero-order valence-corrected chi connectivity index (χ0v) is 11.9. The van der Waals surface area contributed by atoms with E-state index in [1.165, 1.54) is 0 Å². The molecule has 0 radical (unpaired) electrons. The van der Waals surface area contributed by atoms with Gasteiger partial charge in [-0.2, -0.15) is 0 Å². The molecule has 1 unspecified atom stereocenters. The number of aromatic nitrogens is 2. The Morgan fingerprint density at radius 1 is 1.29 bits per heavy atom. The van der Waals surface area contributed by atoms with Crippen LogP contribution in [-0.2, 0) is 20.7 Å². The summed E-state index contributed by atoms with van der Waals surface area (Å²) in [5.74, 6) is 0.163. The van der Waals surface area contributed by atoms with Crippen molar-refractivity contribution in [3.05, 3.63) is 11.8 Å². The van der Waals surface area contributed by atoms with Crippen molar-refractivity contribution in [2.24, 2.45) is 5.41 Å². The summed E-state index contributed by atoms with van der Waals surface area (Å²) in [7, 11) is 0. The molecule has 0 bridgehead atoms. The molecule has 2 heterocycles. The van der Waals surface area contributed by atoms with E-state index in [1.807, 2.05) is 0 Å². The van der Waals surface area contributed by atoms with Gasteiger partial charge >= 0.3 is 5.97 Å². The number of aliphatic carboxylic acids is 1. The summed E-state index contributed by atoms with van der Waals surface area (Å²) in [6.07, 6.45) is 4.31. The van der Waals surface area contributed by atoms with Crippen molar-refractivity contribution in [3.63, 3.8) is 0 Å². The second-order valence-electron chi connectivity index (χ2n) is 5.92. The summed E-state index contributed by atoms with van der Waals surface area (Å²) in [5, 5.41) is 17.2. The molecule has 1 atom stereocenters. The fourth-order valence-corrected chi connectivity index (χ4v) is 3.28. The van der Waals surface area contributed by atoms with Crippen molar-refractivity contribution < 1.29 is 23.8 Å². The minimum atomic E-state index is -0.763. The van der Waals surface area contributed by atoms with Gasteiger partial charge in [0, 0.05) is 6.42 Å². The molecule has 3 rings (SSSR count). The maximum Gasteiger partial charge on any atom is 0.303 e. The van der Waals surface area contributed by atoms with Crippen LogP contribution in [-0.4, -0.2) is 41.1 Å². The highest BCUT2D eigenvalue weighted by atomic mass is 16.6. The van der Waals surface area contributed by atoms with Crippen LogP contribution < -0.4 is 0 Å². The number of hydrogen-bond donors (Lipinski definition) is 1. The smallest absolute Gasteiger partial charge is 0.303 e. The van der Waals surface area contributed by atoms with E-state index < -0.39 is 5.97 Å². The molecule has 1 N–H and O–H groups in total. The van der Waals surface area contributed by atoms with Gasteiger partial charge in [-0.05, 0) is 18.3 Å². The molecule has 1 aromatic rings. The summed E-state index contributed by atoms with van der Waals surface area (Å²) in [5.41, 5.74) is -0.237. The second-order valence-corrected chi connectivity index (χ2v) is 5.92. The molecule has 2 fully saturated rings. The summed E-state index contributed by atoms with van der Waals surface area (Å²) in [6, 6.07) is 0. The third kappa shape index (κ3) is 3.41. The quantitative estimate of drug-likeness (QED) is 0.884. The molecule has 0 amide bonds. The third-order valence-corrected chi connectivity index (χ3v) is 4.29. The van der Waals surface area contributed by atoms with E-state index in [0.29, 0.717) is 38.0 Å². The number of ether oxygens (including phenoxy) is 2. The van der Waals surface area contributed by atoms with Crippen LogP contribution >= 0.6 is 0 Å². The zero-order chi connectivity index (χ0) is 14.7.